The SMILES string of the molecule is CN1CCCCC1N=O. The van der Waals surface area contributed by atoms with Gasteiger partial charge in [0, 0.05) is 0 Å². The molecule has 0 spiro atoms. The number of hydrogen-bond donors (Lipinski definition) is 0. The molecule has 1 unspecified atom stereocenters. The number of rotatable bonds is 1. The van der Waals surface area contributed by atoms with Gasteiger partial charge in [0.1, 0.15) is 6.17 Å². The summed E-state index contributed by atoms with van der Waals surface area (Å²) in [5, 5.41) is 3.00. The Hall–Kier alpha value is -0.440. The Kier molecular flexibility index (Phi) is 2.16. The van der Waals surface area contributed by atoms with E-state index in [0.29, 0.717) is 0 Å². The van der Waals surface area contributed by atoms with Crippen LogP contribution in [0.1, 0.15) is 19.3 Å². The second-order valence-electron chi connectivity index (χ2n) is 2.56. The van der Waals surface area contributed by atoms with Crippen molar-refractivity contribution in [2.75, 3.05) is 13.6 Å². The van der Waals surface area contributed by atoms with Crippen molar-refractivity contribution in [3.05, 3.63) is 4.91 Å². The second kappa shape index (κ2) is 2.92. The van der Waals surface area contributed by atoms with Gasteiger partial charge < -0.3 is 0 Å². The monoisotopic (exact) mass is 128 g/mol. The van der Waals surface area contributed by atoms with Crippen molar-refractivity contribution in [3.63, 3.8) is 0 Å². The minimum absolute atomic E-state index is 0.0428. The van der Waals surface area contributed by atoms with Gasteiger partial charge in [-0.2, -0.15) is 0 Å². The van der Waals surface area contributed by atoms with E-state index >= 15 is 0 Å². The van der Waals surface area contributed by atoms with Gasteiger partial charge in [-0.05, 0) is 32.9 Å². The molecule has 0 aromatic rings. The largest absolute Gasteiger partial charge is 0.282 e. The lowest BCUT2D eigenvalue weighted by Gasteiger charge is -2.26. The molecule has 0 aromatic carbocycles. The van der Waals surface area contributed by atoms with Crippen molar-refractivity contribution in [2.45, 2.75) is 25.4 Å². The fourth-order valence-corrected chi connectivity index (χ4v) is 1.19. The standard InChI is InChI=1S/C6H12N2O/c1-8-5-3-2-4-6(8)7-9/h6H,2-5H2,1H3. The van der Waals surface area contributed by atoms with Crippen LogP contribution < -0.4 is 0 Å². The summed E-state index contributed by atoms with van der Waals surface area (Å²) in [6.45, 7) is 1.02. The molecule has 1 fully saturated rings. The summed E-state index contributed by atoms with van der Waals surface area (Å²) in [5.74, 6) is 0. The Labute approximate surface area is 55.0 Å². The van der Waals surface area contributed by atoms with Crippen LogP contribution in [-0.4, -0.2) is 24.7 Å². The van der Waals surface area contributed by atoms with Gasteiger partial charge in [-0.3, -0.25) is 4.90 Å². The van der Waals surface area contributed by atoms with Crippen molar-refractivity contribution in [2.24, 2.45) is 5.18 Å². The van der Waals surface area contributed by atoms with Crippen LogP contribution in [0.15, 0.2) is 5.18 Å². The summed E-state index contributed by atoms with van der Waals surface area (Å²) in [6, 6.07) is 0. The molecular weight excluding hydrogens is 116 g/mol. The number of nitrogens with zero attached hydrogens (tertiary/aromatic N) is 2. The van der Waals surface area contributed by atoms with Crippen molar-refractivity contribution in [1.29, 1.82) is 0 Å². The van der Waals surface area contributed by atoms with Crippen molar-refractivity contribution in [1.82, 2.24) is 4.90 Å². The number of hydrogen-bond acceptors (Lipinski definition) is 3. The summed E-state index contributed by atoms with van der Waals surface area (Å²) >= 11 is 0. The summed E-state index contributed by atoms with van der Waals surface area (Å²) in [4.78, 5) is 12.1. The Morgan fingerprint density at radius 1 is 1.56 bits per heavy atom. The van der Waals surface area contributed by atoms with E-state index in [1.54, 1.807) is 0 Å². The molecule has 1 saturated heterocycles. The predicted octanol–water partition coefficient (Wildman–Crippen LogP) is 1.19. The van der Waals surface area contributed by atoms with Crippen molar-refractivity contribution in [3.8, 4) is 0 Å². The van der Waals surface area contributed by atoms with Gasteiger partial charge in [-0.15, -0.1) is 4.91 Å². The lowest BCUT2D eigenvalue weighted by atomic mass is 10.1. The fourth-order valence-electron chi connectivity index (χ4n) is 1.19. The molecule has 0 bridgehead atoms. The number of nitroso groups, excluding NO2 is 1. The van der Waals surface area contributed by atoms with E-state index in [1.165, 1.54) is 6.42 Å². The van der Waals surface area contributed by atoms with Crippen LogP contribution in [-0.2, 0) is 0 Å². The molecule has 3 nitrogen and oxygen atoms in total. The van der Waals surface area contributed by atoms with Crippen LogP contribution in [0.4, 0.5) is 0 Å². The first-order chi connectivity index (χ1) is 4.34. The van der Waals surface area contributed by atoms with Gasteiger partial charge in [0.15, 0.2) is 0 Å². The second-order valence-corrected chi connectivity index (χ2v) is 2.56. The van der Waals surface area contributed by atoms with Crippen molar-refractivity contribution < 1.29 is 0 Å². The molecule has 1 heterocycles. The topological polar surface area (TPSA) is 32.7 Å². The van der Waals surface area contributed by atoms with E-state index in [2.05, 4.69) is 5.18 Å². The maximum absolute atomic E-state index is 10.1. The van der Waals surface area contributed by atoms with Gasteiger partial charge in [0.25, 0.3) is 0 Å². The third-order valence-electron chi connectivity index (χ3n) is 1.85. The predicted molar refractivity (Wildman–Crippen MR) is 36.1 cm³/mol. The van der Waals surface area contributed by atoms with Crippen LogP contribution >= 0.6 is 0 Å². The zero-order valence-electron chi connectivity index (χ0n) is 5.71. The molecule has 0 amide bonds. The average Bonchev–Trinajstić information content (AvgIpc) is 1.89. The van der Waals surface area contributed by atoms with Gasteiger partial charge in [-0.25, -0.2) is 0 Å². The van der Waals surface area contributed by atoms with E-state index in [9.17, 15) is 4.91 Å². The molecule has 1 aliphatic heterocycles. The molecule has 0 aliphatic carbocycles. The summed E-state index contributed by atoms with van der Waals surface area (Å²) in [5.41, 5.74) is 0. The molecule has 9 heavy (non-hydrogen) atoms. The lowest BCUT2D eigenvalue weighted by molar-refractivity contribution is 0.191. The van der Waals surface area contributed by atoms with E-state index in [1.807, 2.05) is 11.9 Å². The first-order valence-electron chi connectivity index (χ1n) is 3.37. The lowest BCUT2D eigenvalue weighted by Crippen LogP contribution is -2.34. The molecule has 0 aromatic heterocycles. The van der Waals surface area contributed by atoms with E-state index < -0.39 is 0 Å². The highest BCUT2D eigenvalue weighted by atomic mass is 16.3. The summed E-state index contributed by atoms with van der Waals surface area (Å²) < 4.78 is 0. The van der Waals surface area contributed by atoms with E-state index in [-0.39, 0.29) is 6.17 Å². The third kappa shape index (κ3) is 1.48. The molecular formula is C6H12N2O. The highest BCUT2D eigenvalue weighted by Crippen LogP contribution is 2.14. The van der Waals surface area contributed by atoms with Crippen LogP contribution in [0.5, 0.6) is 0 Å². The van der Waals surface area contributed by atoms with Crippen LogP contribution in [0.2, 0.25) is 0 Å². The highest BCUT2D eigenvalue weighted by Gasteiger charge is 2.18. The van der Waals surface area contributed by atoms with Gasteiger partial charge in [0.05, 0.1) is 0 Å². The molecule has 1 aliphatic rings. The highest BCUT2D eigenvalue weighted by molar-refractivity contribution is 4.70. The quantitative estimate of drug-likeness (QED) is 0.497. The molecule has 0 N–H and O–H groups in total. The van der Waals surface area contributed by atoms with Gasteiger partial charge in [0.2, 0.25) is 0 Å². The Morgan fingerprint density at radius 2 is 2.33 bits per heavy atom. The number of piperidine rings is 1. The first-order valence-corrected chi connectivity index (χ1v) is 3.37. The van der Waals surface area contributed by atoms with E-state index in [4.69, 9.17) is 0 Å². The fraction of sp³-hybridized carbons (Fsp3) is 1.00. The van der Waals surface area contributed by atoms with Gasteiger partial charge in [-0.1, -0.05) is 5.18 Å². The molecule has 3 heteroatoms. The Bertz CT molecular complexity index is 105. The molecule has 1 atom stereocenters. The van der Waals surface area contributed by atoms with E-state index in [0.717, 1.165) is 19.4 Å². The third-order valence-corrected chi connectivity index (χ3v) is 1.85. The van der Waals surface area contributed by atoms with Crippen LogP contribution in [0.25, 0.3) is 0 Å². The number of likely N-dealkylation sites (tertiary alicyclic amines) is 1. The maximum atomic E-state index is 10.1. The zero-order chi connectivity index (χ0) is 6.69. The van der Waals surface area contributed by atoms with Crippen molar-refractivity contribution >= 4 is 0 Å². The van der Waals surface area contributed by atoms with Crippen LogP contribution in [0, 0.1) is 4.91 Å². The minimum Gasteiger partial charge on any atom is -0.282 e. The summed E-state index contributed by atoms with van der Waals surface area (Å²) in [6.07, 6.45) is 3.27. The zero-order valence-corrected chi connectivity index (χ0v) is 5.71. The first kappa shape index (κ1) is 6.68. The minimum atomic E-state index is -0.0428. The summed E-state index contributed by atoms with van der Waals surface area (Å²) in [7, 11) is 1.95. The normalized spacial score (nSPS) is 30.1. The maximum Gasteiger partial charge on any atom is 0.144 e. The molecule has 0 saturated carbocycles. The van der Waals surface area contributed by atoms with Gasteiger partial charge >= 0.3 is 0 Å². The average molecular weight is 128 g/mol. The van der Waals surface area contributed by atoms with Crippen LogP contribution in [0.3, 0.4) is 0 Å². The Balaban J connectivity index is 2.38. The molecule has 1 rings (SSSR count). The molecule has 52 valence electrons. The smallest absolute Gasteiger partial charge is 0.144 e. The molecule has 0 radical (unpaired) electrons. The Morgan fingerprint density at radius 3 is 2.78 bits per heavy atom.